The van der Waals surface area contributed by atoms with Gasteiger partial charge in [-0.1, -0.05) is 19.1 Å². The van der Waals surface area contributed by atoms with E-state index < -0.39 is 0 Å². The van der Waals surface area contributed by atoms with Gasteiger partial charge in [-0.15, -0.1) is 0 Å². The average molecular weight is 277 g/mol. The largest absolute Gasteiger partial charge is 0.494 e. The van der Waals surface area contributed by atoms with Crippen LogP contribution in [0.5, 0.6) is 5.75 Å². The second-order valence-electron chi connectivity index (χ2n) is 5.01. The van der Waals surface area contributed by atoms with Crippen LogP contribution in [0.4, 0.5) is 4.79 Å². The number of carbonyl (C=O) groups is 1. The molecule has 0 bridgehead atoms. The number of benzene rings is 1. The Kier molecular flexibility index (Phi) is 5.68. The predicted molar refractivity (Wildman–Crippen MR) is 78.9 cm³/mol. The Morgan fingerprint density at radius 2 is 2.40 bits per heavy atom. The molecule has 0 radical (unpaired) electrons. The molecule has 20 heavy (non-hydrogen) atoms. The standard InChI is InChI=1S/C15H23N3O2/c1-2-8-20-14-5-3-4-12(9-14)10-17-15(19)18-13-6-7-16-11-13/h3-5,9,13,16H,2,6-8,10-11H2,1H3,(H2,17,18,19). The lowest BCUT2D eigenvalue weighted by atomic mass is 10.2. The molecule has 3 N–H and O–H groups in total. The van der Waals surface area contributed by atoms with Gasteiger partial charge in [0.15, 0.2) is 0 Å². The number of hydrogen-bond acceptors (Lipinski definition) is 3. The van der Waals surface area contributed by atoms with Crippen molar-refractivity contribution in [3.63, 3.8) is 0 Å². The zero-order chi connectivity index (χ0) is 14.2. The van der Waals surface area contributed by atoms with Crippen LogP contribution in [0.3, 0.4) is 0 Å². The molecule has 0 saturated carbocycles. The highest BCUT2D eigenvalue weighted by atomic mass is 16.5. The lowest BCUT2D eigenvalue weighted by molar-refractivity contribution is 0.237. The van der Waals surface area contributed by atoms with Gasteiger partial charge < -0.3 is 20.7 Å². The van der Waals surface area contributed by atoms with E-state index in [1.165, 1.54) is 0 Å². The maximum Gasteiger partial charge on any atom is 0.315 e. The molecule has 0 aliphatic carbocycles. The molecular formula is C15H23N3O2. The number of rotatable bonds is 6. The van der Waals surface area contributed by atoms with Gasteiger partial charge >= 0.3 is 6.03 Å². The highest BCUT2D eigenvalue weighted by molar-refractivity contribution is 5.74. The van der Waals surface area contributed by atoms with Gasteiger partial charge in [0.1, 0.15) is 5.75 Å². The fourth-order valence-electron chi connectivity index (χ4n) is 2.16. The van der Waals surface area contributed by atoms with Crippen molar-refractivity contribution in [2.24, 2.45) is 0 Å². The molecule has 1 atom stereocenters. The molecule has 2 rings (SSSR count). The summed E-state index contributed by atoms with van der Waals surface area (Å²) in [4.78, 5) is 11.7. The minimum Gasteiger partial charge on any atom is -0.494 e. The normalized spacial score (nSPS) is 17.8. The monoisotopic (exact) mass is 277 g/mol. The van der Waals surface area contributed by atoms with Crippen LogP contribution in [0, 0.1) is 0 Å². The maximum atomic E-state index is 11.7. The molecule has 110 valence electrons. The number of carbonyl (C=O) groups excluding carboxylic acids is 1. The average Bonchev–Trinajstić information content (AvgIpc) is 2.96. The van der Waals surface area contributed by atoms with Crippen LogP contribution in [0.1, 0.15) is 25.3 Å². The van der Waals surface area contributed by atoms with Crippen molar-refractivity contribution in [1.82, 2.24) is 16.0 Å². The smallest absolute Gasteiger partial charge is 0.315 e. The van der Waals surface area contributed by atoms with Gasteiger partial charge in [-0.05, 0) is 37.1 Å². The van der Waals surface area contributed by atoms with Crippen LogP contribution in [-0.4, -0.2) is 31.8 Å². The fraction of sp³-hybridized carbons (Fsp3) is 0.533. The summed E-state index contributed by atoms with van der Waals surface area (Å²) in [6.45, 7) is 5.13. The first kappa shape index (κ1) is 14.7. The third kappa shape index (κ3) is 4.74. The van der Waals surface area contributed by atoms with Crippen LogP contribution in [0.25, 0.3) is 0 Å². The molecule has 1 aromatic carbocycles. The number of nitrogens with one attached hydrogen (secondary N) is 3. The molecule has 0 spiro atoms. The van der Waals surface area contributed by atoms with Crippen molar-refractivity contribution in [2.75, 3.05) is 19.7 Å². The SMILES string of the molecule is CCCOc1cccc(CNC(=O)NC2CCNC2)c1. The van der Waals surface area contributed by atoms with E-state index in [-0.39, 0.29) is 12.1 Å². The van der Waals surface area contributed by atoms with Gasteiger partial charge in [0, 0.05) is 19.1 Å². The molecule has 0 aromatic heterocycles. The molecule has 1 aliphatic rings. The van der Waals surface area contributed by atoms with Crippen molar-refractivity contribution >= 4 is 6.03 Å². The molecule has 1 aromatic rings. The first-order valence-corrected chi connectivity index (χ1v) is 7.24. The van der Waals surface area contributed by atoms with E-state index in [2.05, 4.69) is 22.9 Å². The van der Waals surface area contributed by atoms with Crippen LogP contribution in [0.15, 0.2) is 24.3 Å². The summed E-state index contributed by atoms with van der Waals surface area (Å²) in [6.07, 6.45) is 1.98. The summed E-state index contributed by atoms with van der Waals surface area (Å²) in [5.74, 6) is 0.853. The molecule has 2 amide bonds. The van der Waals surface area contributed by atoms with Crippen molar-refractivity contribution in [2.45, 2.75) is 32.4 Å². The summed E-state index contributed by atoms with van der Waals surface area (Å²) in [5, 5.41) is 9.05. The summed E-state index contributed by atoms with van der Waals surface area (Å²) >= 11 is 0. The molecular weight excluding hydrogens is 254 g/mol. The van der Waals surface area contributed by atoms with Gasteiger partial charge in [0.25, 0.3) is 0 Å². The third-order valence-electron chi connectivity index (χ3n) is 3.22. The Hall–Kier alpha value is -1.75. The molecule has 1 fully saturated rings. The van der Waals surface area contributed by atoms with Crippen LogP contribution in [0.2, 0.25) is 0 Å². The Balaban J connectivity index is 1.76. The zero-order valence-corrected chi connectivity index (χ0v) is 11.9. The van der Waals surface area contributed by atoms with E-state index >= 15 is 0 Å². The predicted octanol–water partition coefficient (Wildman–Crippen LogP) is 1.64. The molecule has 1 aliphatic heterocycles. The minimum absolute atomic E-state index is 0.112. The summed E-state index contributed by atoms with van der Waals surface area (Å²) in [5.41, 5.74) is 1.04. The molecule has 5 nitrogen and oxygen atoms in total. The minimum atomic E-state index is -0.112. The summed E-state index contributed by atoms with van der Waals surface area (Å²) < 4.78 is 5.57. The Bertz CT molecular complexity index is 431. The van der Waals surface area contributed by atoms with E-state index in [4.69, 9.17) is 4.74 Å². The zero-order valence-electron chi connectivity index (χ0n) is 11.9. The second-order valence-corrected chi connectivity index (χ2v) is 5.01. The maximum absolute atomic E-state index is 11.7. The van der Waals surface area contributed by atoms with Gasteiger partial charge in [-0.3, -0.25) is 0 Å². The van der Waals surface area contributed by atoms with Crippen molar-refractivity contribution in [3.05, 3.63) is 29.8 Å². The van der Waals surface area contributed by atoms with E-state index in [9.17, 15) is 4.79 Å². The Morgan fingerprint density at radius 3 is 3.15 bits per heavy atom. The van der Waals surface area contributed by atoms with Crippen molar-refractivity contribution in [1.29, 1.82) is 0 Å². The Morgan fingerprint density at radius 1 is 1.50 bits per heavy atom. The fourth-order valence-corrected chi connectivity index (χ4v) is 2.16. The lowest BCUT2D eigenvalue weighted by Crippen LogP contribution is -2.42. The van der Waals surface area contributed by atoms with Crippen LogP contribution >= 0.6 is 0 Å². The van der Waals surface area contributed by atoms with Gasteiger partial charge in [-0.2, -0.15) is 0 Å². The topological polar surface area (TPSA) is 62.4 Å². The van der Waals surface area contributed by atoms with Gasteiger partial charge in [0.2, 0.25) is 0 Å². The quantitative estimate of drug-likeness (QED) is 0.740. The molecule has 1 heterocycles. The van der Waals surface area contributed by atoms with E-state index in [0.717, 1.165) is 37.2 Å². The number of ether oxygens (including phenoxy) is 1. The van der Waals surface area contributed by atoms with Crippen LogP contribution < -0.4 is 20.7 Å². The number of hydrogen-bond donors (Lipinski definition) is 3. The van der Waals surface area contributed by atoms with Crippen molar-refractivity contribution in [3.8, 4) is 5.75 Å². The van der Waals surface area contributed by atoms with E-state index in [0.29, 0.717) is 13.2 Å². The third-order valence-corrected chi connectivity index (χ3v) is 3.22. The lowest BCUT2D eigenvalue weighted by Gasteiger charge is -2.13. The highest BCUT2D eigenvalue weighted by Crippen LogP contribution is 2.13. The summed E-state index contributed by atoms with van der Waals surface area (Å²) in [7, 11) is 0. The first-order valence-electron chi connectivity index (χ1n) is 7.24. The highest BCUT2D eigenvalue weighted by Gasteiger charge is 2.16. The van der Waals surface area contributed by atoms with Crippen molar-refractivity contribution < 1.29 is 9.53 Å². The first-order chi connectivity index (χ1) is 9.78. The second kappa shape index (κ2) is 7.75. The van der Waals surface area contributed by atoms with Gasteiger partial charge in [-0.25, -0.2) is 4.79 Å². The molecule has 1 saturated heterocycles. The van der Waals surface area contributed by atoms with Gasteiger partial charge in [0.05, 0.1) is 6.61 Å². The van der Waals surface area contributed by atoms with Crippen LogP contribution in [-0.2, 0) is 6.54 Å². The summed E-state index contributed by atoms with van der Waals surface area (Å²) in [6, 6.07) is 7.96. The number of urea groups is 1. The molecule has 5 heteroatoms. The van der Waals surface area contributed by atoms with E-state index in [1.54, 1.807) is 0 Å². The van der Waals surface area contributed by atoms with E-state index in [1.807, 2.05) is 24.3 Å². The Labute approximate surface area is 120 Å². The molecule has 1 unspecified atom stereocenters. The number of amides is 2.